The average molecular weight is 326 g/mol. The van der Waals surface area contributed by atoms with E-state index in [-0.39, 0.29) is 5.92 Å². The second-order valence-corrected chi connectivity index (χ2v) is 6.72. The van der Waals surface area contributed by atoms with Crippen molar-refractivity contribution < 1.29 is 10.2 Å². The van der Waals surface area contributed by atoms with Crippen molar-refractivity contribution in [2.24, 2.45) is 0 Å². The van der Waals surface area contributed by atoms with Crippen molar-refractivity contribution in [2.45, 2.75) is 65.2 Å². The quantitative estimate of drug-likeness (QED) is 0.630. The molecule has 2 N–H and O–H groups in total. The number of aryl methyl sites for hydroxylation is 2. The molecule has 24 heavy (non-hydrogen) atoms. The van der Waals surface area contributed by atoms with Crippen LogP contribution in [0.3, 0.4) is 0 Å². The lowest BCUT2D eigenvalue weighted by molar-refractivity contribution is 0.456. The molecule has 130 valence electrons. The Bertz CT molecular complexity index is 604. The van der Waals surface area contributed by atoms with Gasteiger partial charge in [-0.3, -0.25) is 0 Å². The summed E-state index contributed by atoms with van der Waals surface area (Å²) in [4.78, 5) is 0. The standard InChI is InChI=1S/C22H30O2/c1-4-6-8-17-10-12-19(21(23)14-17)16(3)20-13-11-18(9-7-5-2)15-22(20)24/h10-16,23-24H,4-9H2,1-3H3. The maximum absolute atomic E-state index is 10.4. The summed E-state index contributed by atoms with van der Waals surface area (Å²) in [7, 11) is 0. The van der Waals surface area contributed by atoms with E-state index in [4.69, 9.17) is 0 Å². The van der Waals surface area contributed by atoms with Crippen molar-refractivity contribution in [3.8, 4) is 11.5 Å². The van der Waals surface area contributed by atoms with Crippen LogP contribution in [-0.4, -0.2) is 10.2 Å². The summed E-state index contributed by atoms with van der Waals surface area (Å²) in [6.07, 6.45) is 6.56. The van der Waals surface area contributed by atoms with Gasteiger partial charge in [0, 0.05) is 17.0 Å². The molecule has 0 spiro atoms. The Kier molecular flexibility index (Phi) is 6.72. The van der Waals surface area contributed by atoms with Gasteiger partial charge in [-0.1, -0.05) is 57.9 Å². The molecule has 0 radical (unpaired) electrons. The van der Waals surface area contributed by atoms with Gasteiger partial charge in [0.25, 0.3) is 0 Å². The third-order valence-corrected chi connectivity index (χ3v) is 4.76. The third kappa shape index (κ3) is 4.53. The fourth-order valence-electron chi connectivity index (χ4n) is 3.15. The molecule has 0 saturated heterocycles. The summed E-state index contributed by atoms with van der Waals surface area (Å²) >= 11 is 0. The molecule has 0 aromatic heterocycles. The van der Waals surface area contributed by atoms with E-state index in [1.54, 1.807) is 0 Å². The normalized spacial score (nSPS) is 11.2. The van der Waals surface area contributed by atoms with Crippen LogP contribution in [0.5, 0.6) is 11.5 Å². The van der Waals surface area contributed by atoms with E-state index >= 15 is 0 Å². The third-order valence-electron chi connectivity index (χ3n) is 4.76. The molecule has 0 saturated carbocycles. The largest absolute Gasteiger partial charge is 0.508 e. The Morgan fingerprint density at radius 3 is 1.50 bits per heavy atom. The minimum atomic E-state index is -0.0366. The summed E-state index contributed by atoms with van der Waals surface area (Å²) in [6, 6.07) is 11.9. The van der Waals surface area contributed by atoms with Gasteiger partial charge in [0.05, 0.1) is 0 Å². The SMILES string of the molecule is CCCCc1ccc(C(C)c2ccc(CCCC)cc2O)c(O)c1. The van der Waals surface area contributed by atoms with Crippen LogP contribution in [0.15, 0.2) is 36.4 Å². The van der Waals surface area contributed by atoms with Gasteiger partial charge >= 0.3 is 0 Å². The fraction of sp³-hybridized carbons (Fsp3) is 0.455. The van der Waals surface area contributed by atoms with E-state index in [0.29, 0.717) is 11.5 Å². The van der Waals surface area contributed by atoms with Gasteiger partial charge in [0.15, 0.2) is 0 Å². The Hall–Kier alpha value is -1.96. The highest BCUT2D eigenvalue weighted by molar-refractivity contribution is 5.48. The van der Waals surface area contributed by atoms with E-state index in [1.165, 1.54) is 11.1 Å². The zero-order valence-electron chi connectivity index (χ0n) is 15.2. The maximum atomic E-state index is 10.4. The molecule has 0 heterocycles. The summed E-state index contributed by atoms with van der Waals surface area (Å²) in [5.41, 5.74) is 4.08. The van der Waals surface area contributed by atoms with Gasteiger partial charge in [-0.05, 0) is 48.9 Å². The number of benzene rings is 2. The van der Waals surface area contributed by atoms with E-state index in [2.05, 4.69) is 26.0 Å². The zero-order chi connectivity index (χ0) is 17.5. The van der Waals surface area contributed by atoms with Crippen LogP contribution >= 0.6 is 0 Å². The van der Waals surface area contributed by atoms with Crippen molar-refractivity contribution in [1.82, 2.24) is 0 Å². The predicted octanol–water partition coefficient (Wildman–Crippen LogP) is 5.93. The summed E-state index contributed by atoms with van der Waals surface area (Å²) in [5, 5.41) is 20.8. The molecule has 2 nitrogen and oxygen atoms in total. The highest BCUT2D eigenvalue weighted by Crippen LogP contribution is 2.36. The molecule has 0 atom stereocenters. The second-order valence-electron chi connectivity index (χ2n) is 6.72. The van der Waals surface area contributed by atoms with E-state index in [1.807, 2.05) is 31.2 Å². The molecule has 0 bridgehead atoms. The number of rotatable bonds is 8. The minimum absolute atomic E-state index is 0.0366. The molecule has 2 aromatic rings. The number of phenols is 2. The number of unbranched alkanes of at least 4 members (excludes halogenated alkanes) is 2. The zero-order valence-corrected chi connectivity index (χ0v) is 15.2. The Morgan fingerprint density at radius 2 is 1.17 bits per heavy atom. The molecule has 0 amide bonds. The summed E-state index contributed by atoms with van der Waals surface area (Å²) in [6.45, 7) is 6.37. The van der Waals surface area contributed by atoms with Crippen LogP contribution in [0, 0.1) is 0 Å². The average Bonchev–Trinajstić information content (AvgIpc) is 2.57. The fourth-order valence-corrected chi connectivity index (χ4v) is 3.15. The molecule has 0 unspecified atom stereocenters. The highest BCUT2D eigenvalue weighted by atomic mass is 16.3. The second kappa shape index (κ2) is 8.77. The van der Waals surface area contributed by atoms with Gasteiger partial charge in [0.2, 0.25) is 0 Å². The first kappa shape index (κ1) is 18.4. The predicted molar refractivity (Wildman–Crippen MR) is 101 cm³/mol. The van der Waals surface area contributed by atoms with Crippen LogP contribution in [-0.2, 0) is 12.8 Å². The van der Waals surface area contributed by atoms with Crippen molar-refractivity contribution in [1.29, 1.82) is 0 Å². The lowest BCUT2D eigenvalue weighted by Crippen LogP contribution is -1.99. The van der Waals surface area contributed by atoms with E-state index in [9.17, 15) is 10.2 Å². The van der Waals surface area contributed by atoms with Gasteiger partial charge < -0.3 is 10.2 Å². The molecule has 0 aliphatic heterocycles. The van der Waals surface area contributed by atoms with E-state index < -0.39 is 0 Å². The number of hydrogen-bond acceptors (Lipinski definition) is 2. The van der Waals surface area contributed by atoms with Crippen molar-refractivity contribution in [3.63, 3.8) is 0 Å². The van der Waals surface area contributed by atoms with Crippen molar-refractivity contribution >= 4 is 0 Å². The Balaban J connectivity index is 2.20. The smallest absolute Gasteiger partial charge is 0.119 e. The van der Waals surface area contributed by atoms with Crippen LogP contribution in [0.25, 0.3) is 0 Å². The topological polar surface area (TPSA) is 40.5 Å². The molecular weight excluding hydrogens is 296 g/mol. The summed E-state index contributed by atoms with van der Waals surface area (Å²) in [5.74, 6) is 0.613. The maximum Gasteiger partial charge on any atom is 0.119 e. The van der Waals surface area contributed by atoms with Gasteiger partial charge in [-0.15, -0.1) is 0 Å². The van der Waals surface area contributed by atoms with Crippen LogP contribution in [0.1, 0.15) is 74.6 Å². The van der Waals surface area contributed by atoms with Gasteiger partial charge in [0.1, 0.15) is 11.5 Å². The van der Waals surface area contributed by atoms with Crippen LogP contribution in [0.4, 0.5) is 0 Å². The lowest BCUT2D eigenvalue weighted by Gasteiger charge is -2.17. The van der Waals surface area contributed by atoms with Crippen molar-refractivity contribution in [3.05, 3.63) is 58.7 Å². The first-order valence-corrected chi connectivity index (χ1v) is 9.20. The first-order valence-electron chi connectivity index (χ1n) is 9.20. The summed E-state index contributed by atoms with van der Waals surface area (Å²) < 4.78 is 0. The van der Waals surface area contributed by atoms with Gasteiger partial charge in [-0.2, -0.15) is 0 Å². The van der Waals surface area contributed by atoms with Gasteiger partial charge in [-0.25, -0.2) is 0 Å². The Morgan fingerprint density at radius 1 is 0.750 bits per heavy atom. The van der Waals surface area contributed by atoms with E-state index in [0.717, 1.165) is 49.7 Å². The highest BCUT2D eigenvalue weighted by Gasteiger charge is 2.16. The number of phenolic OH excluding ortho intramolecular Hbond substituents is 2. The monoisotopic (exact) mass is 326 g/mol. The van der Waals surface area contributed by atoms with Crippen LogP contribution < -0.4 is 0 Å². The molecule has 0 fully saturated rings. The number of aromatic hydroxyl groups is 2. The minimum Gasteiger partial charge on any atom is -0.508 e. The van der Waals surface area contributed by atoms with Crippen LogP contribution in [0.2, 0.25) is 0 Å². The molecular formula is C22H30O2. The van der Waals surface area contributed by atoms with Crippen molar-refractivity contribution in [2.75, 3.05) is 0 Å². The Labute approximate surface area is 146 Å². The number of hydrogen-bond donors (Lipinski definition) is 2. The molecule has 2 aromatic carbocycles. The molecule has 0 aliphatic carbocycles. The molecule has 2 heteroatoms. The molecule has 0 aliphatic rings. The molecule has 2 rings (SSSR count). The lowest BCUT2D eigenvalue weighted by atomic mass is 9.89. The first-order chi connectivity index (χ1) is 11.6.